The largest absolute Gasteiger partial charge is 0.336 e. The minimum Gasteiger partial charge on any atom is -0.336 e. The van der Waals surface area contributed by atoms with E-state index in [0.29, 0.717) is 23.6 Å². The van der Waals surface area contributed by atoms with Gasteiger partial charge in [0.05, 0.1) is 0 Å². The number of rotatable bonds is 3. The van der Waals surface area contributed by atoms with Crippen molar-refractivity contribution in [2.75, 3.05) is 0 Å². The van der Waals surface area contributed by atoms with Crippen molar-refractivity contribution < 1.29 is 0 Å². The molecule has 1 aliphatic carbocycles. The second-order valence-electron chi connectivity index (χ2n) is 5.57. The average Bonchev–Trinajstić information content (AvgIpc) is 2.90. The van der Waals surface area contributed by atoms with Gasteiger partial charge in [-0.1, -0.05) is 26.2 Å². The maximum atomic E-state index is 11.9. The van der Waals surface area contributed by atoms with Crippen LogP contribution in [0.2, 0.25) is 0 Å². The molecule has 2 aromatic rings. The fourth-order valence-corrected chi connectivity index (χ4v) is 3.06. The van der Waals surface area contributed by atoms with Gasteiger partial charge in [0.15, 0.2) is 5.65 Å². The molecule has 0 spiro atoms. The first-order chi connectivity index (χ1) is 9.70. The fraction of sp³-hybridized carbons (Fsp3) is 0.643. The maximum absolute atomic E-state index is 11.9. The number of hydrogen-bond donors (Lipinski definition) is 2. The minimum absolute atomic E-state index is 0.369. The van der Waals surface area contributed by atoms with Gasteiger partial charge < -0.3 is 4.98 Å². The van der Waals surface area contributed by atoms with Crippen molar-refractivity contribution in [3.05, 3.63) is 26.7 Å². The van der Waals surface area contributed by atoms with Crippen LogP contribution in [0, 0.1) is 0 Å². The highest BCUT2D eigenvalue weighted by atomic mass is 16.2. The Morgan fingerprint density at radius 2 is 1.95 bits per heavy atom. The molecule has 0 amide bonds. The summed E-state index contributed by atoms with van der Waals surface area (Å²) in [6.07, 6.45) is 6.73. The highest BCUT2D eigenvalue weighted by Crippen LogP contribution is 2.31. The molecule has 108 valence electrons. The van der Waals surface area contributed by atoms with Gasteiger partial charge in [0.2, 0.25) is 0 Å². The molecule has 3 rings (SSSR count). The molecule has 0 radical (unpaired) electrons. The molecule has 6 nitrogen and oxygen atoms in total. The van der Waals surface area contributed by atoms with Gasteiger partial charge in [-0.05, 0) is 19.3 Å². The van der Waals surface area contributed by atoms with Crippen LogP contribution in [0.5, 0.6) is 0 Å². The zero-order valence-electron chi connectivity index (χ0n) is 11.7. The minimum atomic E-state index is -0.369. The molecule has 1 fully saturated rings. The Morgan fingerprint density at radius 1 is 1.20 bits per heavy atom. The van der Waals surface area contributed by atoms with E-state index < -0.39 is 0 Å². The summed E-state index contributed by atoms with van der Waals surface area (Å²) in [5.41, 5.74) is 0.192. The van der Waals surface area contributed by atoms with Crippen LogP contribution in [-0.4, -0.2) is 19.5 Å². The molecule has 0 aliphatic heterocycles. The Kier molecular flexibility index (Phi) is 3.46. The molecule has 2 heterocycles. The second-order valence-corrected chi connectivity index (χ2v) is 5.57. The highest BCUT2D eigenvalue weighted by Gasteiger charge is 2.21. The highest BCUT2D eigenvalue weighted by molar-refractivity contribution is 5.69. The molecule has 0 aromatic carbocycles. The van der Waals surface area contributed by atoms with Crippen molar-refractivity contribution in [2.45, 2.75) is 57.9 Å². The van der Waals surface area contributed by atoms with Crippen LogP contribution in [0.1, 0.15) is 57.2 Å². The van der Waals surface area contributed by atoms with Gasteiger partial charge in [0.1, 0.15) is 11.3 Å². The average molecular weight is 276 g/mol. The first kappa shape index (κ1) is 13.1. The van der Waals surface area contributed by atoms with E-state index in [1.165, 1.54) is 19.3 Å². The quantitative estimate of drug-likeness (QED) is 0.897. The van der Waals surface area contributed by atoms with E-state index in [9.17, 15) is 9.59 Å². The lowest BCUT2D eigenvalue weighted by Gasteiger charge is -2.18. The SMILES string of the molecule is CCCn1c(=O)[nH]c(=O)c2[nH]c(C3CCCCC3)nc21. The van der Waals surface area contributed by atoms with Crippen LogP contribution in [0.25, 0.3) is 11.2 Å². The van der Waals surface area contributed by atoms with Crippen LogP contribution in [0.4, 0.5) is 0 Å². The van der Waals surface area contributed by atoms with E-state index in [-0.39, 0.29) is 11.2 Å². The summed E-state index contributed by atoms with van der Waals surface area (Å²) in [6, 6.07) is 0. The standard InChI is InChI=1S/C14H20N4O2/c1-2-8-18-12-10(13(19)17-14(18)20)15-11(16-12)9-6-4-3-5-7-9/h9H,2-8H2,1H3,(H,15,16)(H,17,19,20). The molecule has 2 aromatic heterocycles. The topological polar surface area (TPSA) is 83.5 Å². The molecular formula is C14H20N4O2. The lowest BCUT2D eigenvalue weighted by Crippen LogP contribution is -2.30. The summed E-state index contributed by atoms with van der Waals surface area (Å²) < 4.78 is 1.56. The van der Waals surface area contributed by atoms with E-state index in [0.717, 1.165) is 25.1 Å². The van der Waals surface area contributed by atoms with Crippen molar-refractivity contribution in [1.29, 1.82) is 0 Å². The number of nitrogens with one attached hydrogen (secondary N) is 2. The molecule has 0 unspecified atom stereocenters. The molecule has 0 atom stereocenters. The zero-order valence-corrected chi connectivity index (χ0v) is 11.7. The third kappa shape index (κ3) is 2.19. The van der Waals surface area contributed by atoms with Crippen LogP contribution in [0.15, 0.2) is 9.59 Å². The number of nitrogens with zero attached hydrogens (tertiary/aromatic N) is 2. The van der Waals surface area contributed by atoms with Crippen molar-refractivity contribution in [2.24, 2.45) is 0 Å². The predicted molar refractivity (Wildman–Crippen MR) is 77.1 cm³/mol. The fourth-order valence-electron chi connectivity index (χ4n) is 3.06. The summed E-state index contributed by atoms with van der Waals surface area (Å²) in [6.45, 7) is 2.57. The molecular weight excluding hydrogens is 256 g/mol. The van der Waals surface area contributed by atoms with Gasteiger partial charge in [0, 0.05) is 12.5 Å². The van der Waals surface area contributed by atoms with Gasteiger partial charge in [-0.15, -0.1) is 0 Å². The van der Waals surface area contributed by atoms with Crippen molar-refractivity contribution in [3.8, 4) is 0 Å². The number of aromatic nitrogens is 4. The predicted octanol–water partition coefficient (Wildman–Crippen LogP) is 1.87. The normalized spacial score (nSPS) is 16.9. The van der Waals surface area contributed by atoms with E-state index in [1.54, 1.807) is 4.57 Å². The molecule has 0 bridgehead atoms. The van der Waals surface area contributed by atoms with Gasteiger partial charge in [-0.3, -0.25) is 14.3 Å². The summed E-state index contributed by atoms with van der Waals surface area (Å²) in [4.78, 5) is 33.9. The summed E-state index contributed by atoms with van der Waals surface area (Å²) >= 11 is 0. The number of H-pyrrole nitrogens is 2. The summed E-state index contributed by atoms with van der Waals surface area (Å²) in [5.74, 6) is 1.25. The number of aryl methyl sites for hydroxylation is 1. The molecule has 6 heteroatoms. The van der Waals surface area contributed by atoms with Crippen LogP contribution < -0.4 is 11.2 Å². The molecule has 20 heavy (non-hydrogen) atoms. The zero-order chi connectivity index (χ0) is 14.1. The number of fused-ring (bicyclic) bond motifs is 1. The number of imidazole rings is 1. The van der Waals surface area contributed by atoms with Crippen molar-refractivity contribution in [3.63, 3.8) is 0 Å². The van der Waals surface area contributed by atoms with Crippen molar-refractivity contribution >= 4 is 11.2 Å². The van der Waals surface area contributed by atoms with Gasteiger partial charge in [-0.2, -0.15) is 0 Å². The smallest absolute Gasteiger partial charge is 0.330 e. The third-order valence-electron chi connectivity index (χ3n) is 4.09. The van der Waals surface area contributed by atoms with Crippen molar-refractivity contribution in [1.82, 2.24) is 19.5 Å². The van der Waals surface area contributed by atoms with Crippen LogP contribution >= 0.6 is 0 Å². The first-order valence-electron chi connectivity index (χ1n) is 7.43. The second kappa shape index (κ2) is 5.26. The van der Waals surface area contributed by atoms with Crippen LogP contribution in [0.3, 0.4) is 0 Å². The summed E-state index contributed by atoms with van der Waals surface area (Å²) in [7, 11) is 0. The Morgan fingerprint density at radius 3 is 2.65 bits per heavy atom. The Bertz CT molecular complexity index is 719. The maximum Gasteiger partial charge on any atom is 0.330 e. The van der Waals surface area contributed by atoms with E-state index >= 15 is 0 Å². The summed E-state index contributed by atoms with van der Waals surface area (Å²) in [5, 5.41) is 0. The lowest BCUT2D eigenvalue weighted by atomic mass is 9.89. The Hall–Kier alpha value is -1.85. The Balaban J connectivity index is 2.13. The first-order valence-corrected chi connectivity index (χ1v) is 7.43. The van der Waals surface area contributed by atoms with E-state index in [4.69, 9.17) is 0 Å². The van der Waals surface area contributed by atoms with E-state index in [2.05, 4.69) is 15.0 Å². The van der Waals surface area contributed by atoms with E-state index in [1.807, 2.05) is 6.92 Å². The lowest BCUT2D eigenvalue weighted by molar-refractivity contribution is 0.431. The van der Waals surface area contributed by atoms with Crippen LogP contribution in [-0.2, 0) is 6.54 Å². The molecule has 0 saturated heterocycles. The molecule has 2 N–H and O–H groups in total. The Labute approximate surface area is 116 Å². The third-order valence-corrected chi connectivity index (χ3v) is 4.09. The molecule has 1 aliphatic rings. The van der Waals surface area contributed by atoms with Gasteiger partial charge >= 0.3 is 5.69 Å². The number of hydrogen-bond acceptors (Lipinski definition) is 3. The molecule has 1 saturated carbocycles. The van der Waals surface area contributed by atoms with Gasteiger partial charge in [-0.25, -0.2) is 9.78 Å². The van der Waals surface area contributed by atoms with Gasteiger partial charge in [0.25, 0.3) is 5.56 Å². The number of aromatic amines is 2. The monoisotopic (exact) mass is 276 g/mol.